The van der Waals surface area contributed by atoms with E-state index in [-0.39, 0.29) is 5.41 Å². The minimum atomic E-state index is 0.0109. The number of halogens is 1. The lowest BCUT2D eigenvalue weighted by atomic mass is 9.69. The van der Waals surface area contributed by atoms with Crippen molar-refractivity contribution in [2.24, 2.45) is 5.73 Å². The molecule has 0 amide bonds. The first kappa shape index (κ1) is 14.7. The molecule has 3 nitrogen and oxygen atoms in total. The van der Waals surface area contributed by atoms with Crippen LogP contribution in [0.3, 0.4) is 0 Å². The van der Waals surface area contributed by atoms with Gasteiger partial charge in [0.05, 0.1) is 18.7 Å². The second kappa shape index (κ2) is 6.14. The Morgan fingerprint density at radius 3 is 2.21 bits per heavy atom. The lowest BCUT2D eigenvalue weighted by Crippen LogP contribution is -2.37. The van der Waals surface area contributed by atoms with Gasteiger partial charge in [0, 0.05) is 17.5 Å². The number of hydrogen-bond donors (Lipinski definition) is 1. The number of methoxy groups -OCH3 is 2. The fourth-order valence-electron chi connectivity index (χ4n) is 3.15. The van der Waals surface area contributed by atoms with Gasteiger partial charge < -0.3 is 15.2 Å². The summed E-state index contributed by atoms with van der Waals surface area (Å²) in [5, 5.41) is 0. The van der Waals surface area contributed by atoms with Crippen molar-refractivity contribution < 1.29 is 9.47 Å². The lowest BCUT2D eigenvalue weighted by Gasteiger charge is -2.38. The summed E-state index contributed by atoms with van der Waals surface area (Å²) in [4.78, 5) is 0. The van der Waals surface area contributed by atoms with Crippen LogP contribution in [0, 0.1) is 0 Å². The highest BCUT2D eigenvalue weighted by Gasteiger charge is 2.37. The highest BCUT2D eigenvalue weighted by Crippen LogP contribution is 2.48. The zero-order valence-corrected chi connectivity index (χ0v) is 13.3. The van der Waals surface area contributed by atoms with E-state index in [1.165, 1.54) is 24.8 Å². The molecule has 1 aromatic carbocycles. The summed E-state index contributed by atoms with van der Waals surface area (Å²) in [5.41, 5.74) is 7.33. The Labute approximate surface area is 123 Å². The molecule has 0 aromatic heterocycles. The first-order valence-corrected chi connectivity index (χ1v) is 7.59. The molecule has 1 aliphatic rings. The van der Waals surface area contributed by atoms with Gasteiger partial charge in [-0.25, -0.2) is 0 Å². The molecular formula is C15H22BrNO2. The minimum Gasteiger partial charge on any atom is -0.496 e. The Hall–Kier alpha value is -0.740. The van der Waals surface area contributed by atoms with Crippen molar-refractivity contribution >= 4 is 15.9 Å². The fourth-order valence-corrected chi connectivity index (χ4v) is 4.06. The van der Waals surface area contributed by atoms with Crippen LogP contribution < -0.4 is 15.2 Å². The molecule has 4 heteroatoms. The third-order valence-corrected chi connectivity index (χ3v) is 5.03. The van der Waals surface area contributed by atoms with E-state index in [2.05, 4.69) is 15.9 Å². The van der Waals surface area contributed by atoms with Crippen LogP contribution in [0.15, 0.2) is 16.6 Å². The fraction of sp³-hybridized carbons (Fsp3) is 0.600. The Morgan fingerprint density at radius 1 is 1.11 bits per heavy atom. The van der Waals surface area contributed by atoms with Crippen LogP contribution in [0.5, 0.6) is 11.5 Å². The average Bonchev–Trinajstić information content (AvgIpc) is 2.47. The number of ether oxygens (including phenoxy) is 2. The standard InChI is InChI=1S/C15H22BrNO2/c1-18-11-6-7-12(19-2)14(16)13(11)15(10-17)8-4-3-5-9-15/h6-7H,3-5,8-10,17H2,1-2H3. The average molecular weight is 328 g/mol. The smallest absolute Gasteiger partial charge is 0.133 e. The van der Waals surface area contributed by atoms with Crippen molar-refractivity contribution in [2.45, 2.75) is 37.5 Å². The summed E-state index contributed by atoms with van der Waals surface area (Å²) in [6, 6.07) is 3.91. The van der Waals surface area contributed by atoms with Crippen LogP contribution in [-0.2, 0) is 5.41 Å². The maximum atomic E-state index is 6.14. The van der Waals surface area contributed by atoms with Crippen molar-refractivity contribution in [3.8, 4) is 11.5 Å². The highest BCUT2D eigenvalue weighted by molar-refractivity contribution is 9.10. The molecule has 0 bridgehead atoms. The number of hydrogen-bond acceptors (Lipinski definition) is 3. The first-order valence-electron chi connectivity index (χ1n) is 6.79. The Kier molecular flexibility index (Phi) is 4.74. The Bertz CT molecular complexity index is 442. The van der Waals surface area contributed by atoms with Crippen LogP contribution in [0.1, 0.15) is 37.7 Å². The molecule has 0 spiro atoms. The number of nitrogens with two attached hydrogens (primary N) is 1. The molecule has 0 aliphatic heterocycles. The van der Waals surface area contributed by atoms with E-state index in [0.717, 1.165) is 28.8 Å². The summed E-state index contributed by atoms with van der Waals surface area (Å²) in [6.45, 7) is 0.648. The predicted octanol–water partition coefficient (Wildman–Crippen LogP) is 3.63. The van der Waals surface area contributed by atoms with Crippen molar-refractivity contribution in [1.29, 1.82) is 0 Å². The molecule has 2 N–H and O–H groups in total. The van der Waals surface area contributed by atoms with Gasteiger partial charge in [0.1, 0.15) is 11.5 Å². The normalized spacial score (nSPS) is 18.1. The third kappa shape index (κ3) is 2.61. The molecule has 1 aromatic rings. The van der Waals surface area contributed by atoms with Crippen LogP contribution in [0.4, 0.5) is 0 Å². The molecule has 0 unspecified atom stereocenters. The topological polar surface area (TPSA) is 44.5 Å². The maximum absolute atomic E-state index is 6.14. The number of rotatable bonds is 4. The molecule has 2 rings (SSSR count). The van der Waals surface area contributed by atoms with Crippen molar-refractivity contribution in [1.82, 2.24) is 0 Å². The molecular weight excluding hydrogens is 306 g/mol. The third-order valence-electron chi connectivity index (χ3n) is 4.24. The molecule has 19 heavy (non-hydrogen) atoms. The number of benzene rings is 1. The van der Waals surface area contributed by atoms with Gasteiger partial charge in [0.15, 0.2) is 0 Å². The van der Waals surface area contributed by atoms with Gasteiger partial charge in [-0.15, -0.1) is 0 Å². The van der Waals surface area contributed by atoms with Gasteiger partial charge in [-0.2, -0.15) is 0 Å². The van der Waals surface area contributed by atoms with E-state index in [1.54, 1.807) is 14.2 Å². The summed E-state index contributed by atoms with van der Waals surface area (Å²) in [5.74, 6) is 1.74. The second-order valence-corrected chi connectivity index (χ2v) is 6.00. The van der Waals surface area contributed by atoms with E-state index in [9.17, 15) is 0 Å². The van der Waals surface area contributed by atoms with E-state index in [1.807, 2.05) is 12.1 Å². The molecule has 1 fully saturated rings. The molecule has 0 heterocycles. The largest absolute Gasteiger partial charge is 0.496 e. The van der Waals surface area contributed by atoms with Crippen LogP contribution >= 0.6 is 15.9 Å². The predicted molar refractivity (Wildman–Crippen MR) is 81.1 cm³/mol. The Balaban J connectivity index is 2.57. The highest BCUT2D eigenvalue weighted by atomic mass is 79.9. The zero-order valence-electron chi connectivity index (χ0n) is 11.7. The summed E-state index contributed by atoms with van der Waals surface area (Å²) >= 11 is 3.68. The monoisotopic (exact) mass is 327 g/mol. The van der Waals surface area contributed by atoms with Gasteiger partial charge in [-0.1, -0.05) is 19.3 Å². The Morgan fingerprint density at radius 2 is 1.68 bits per heavy atom. The van der Waals surface area contributed by atoms with Crippen LogP contribution in [0.2, 0.25) is 0 Å². The summed E-state index contributed by atoms with van der Waals surface area (Å²) < 4.78 is 12.0. The summed E-state index contributed by atoms with van der Waals surface area (Å²) in [6.07, 6.45) is 5.98. The van der Waals surface area contributed by atoms with Gasteiger partial charge in [-0.05, 0) is 40.9 Å². The van der Waals surface area contributed by atoms with E-state index in [0.29, 0.717) is 6.54 Å². The maximum Gasteiger partial charge on any atom is 0.133 e. The molecule has 1 aliphatic carbocycles. The SMILES string of the molecule is COc1ccc(OC)c(C2(CN)CCCCC2)c1Br. The molecule has 1 saturated carbocycles. The quantitative estimate of drug-likeness (QED) is 0.918. The van der Waals surface area contributed by atoms with Gasteiger partial charge in [0.25, 0.3) is 0 Å². The summed E-state index contributed by atoms with van der Waals surface area (Å²) in [7, 11) is 3.40. The lowest BCUT2D eigenvalue weighted by molar-refractivity contribution is 0.284. The van der Waals surface area contributed by atoms with E-state index < -0.39 is 0 Å². The zero-order chi connectivity index (χ0) is 13.9. The molecule has 0 saturated heterocycles. The first-order chi connectivity index (χ1) is 9.18. The van der Waals surface area contributed by atoms with E-state index >= 15 is 0 Å². The van der Waals surface area contributed by atoms with E-state index in [4.69, 9.17) is 15.2 Å². The van der Waals surface area contributed by atoms with Gasteiger partial charge in [0.2, 0.25) is 0 Å². The second-order valence-electron chi connectivity index (χ2n) is 5.20. The van der Waals surface area contributed by atoms with Gasteiger partial charge >= 0.3 is 0 Å². The molecule has 0 atom stereocenters. The minimum absolute atomic E-state index is 0.0109. The van der Waals surface area contributed by atoms with Crippen molar-refractivity contribution in [3.63, 3.8) is 0 Å². The van der Waals surface area contributed by atoms with Crippen LogP contribution in [0.25, 0.3) is 0 Å². The van der Waals surface area contributed by atoms with Crippen molar-refractivity contribution in [2.75, 3.05) is 20.8 Å². The van der Waals surface area contributed by atoms with Gasteiger partial charge in [-0.3, -0.25) is 0 Å². The van der Waals surface area contributed by atoms with Crippen LogP contribution in [-0.4, -0.2) is 20.8 Å². The molecule has 106 valence electrons. The molecule has 0 radical (unpaired) electrons. The van der Waals surface area contributed by atoms with Crippen molar-refractivity contribution in [3.05, 3.63) is 22.2 Å².